The molecule has 1 heterocycles. The SMILES string of the molecule is C1=N\COCc2ccccc2N/1. The summed E-state index contributed by atoms with van der Waals surface area (Å²) < 4.78 is 5.26. The second kappa shape index (κ2) is 3.36. The second-order valence-corrected chi connectivity index (χ2v) is 2.59. The fourth-order valence-electron chi connectivity index (χ4n) is 1.15. The van der Waals surface area contributed by atoms with Crippen LogP contribution in [0.4, 0.5) is 5.69 Å². The number of aliphatic imine (C=N–C) groups is 1. The van der Waals surface area contributed by atoms with E-state index in [0.717, 1.165) is 5.69 Å². The number of nitrogens with one attached hydrogen (secondary N) is 1. The van der Waals surface area contributed by atoms with Crippen molar-refractivity contribution in [2.24, 2.45) is 4.99 Å². The zero-order valence-electron chi connectivity index (χ0n) is 6.66. The van der Waals surface area contributed by atoms with Gasteiger partial charge in [-0.15, -0.1) is 0 Å². The van der Waals surface area contributed by atoms with Crippen molar-refractivity contribution in [1.82, 2.24) is 0 Å². The molecule has 1 N–H and O–H groups in total. The molecule has 0 amide bonds. The Labute approximate surface area is 71.1 Å². The second-order valence-electron chi connectivity index (χ2n) is 2.59. The molecule has 1 aromatic rings. The highest BCUT2D eigenvalue weighted by molar-refractivity contribution is 5.77. The fourth-order valence-corrected chi connectivity index (χ4v) is 1.15. The van der Waals surface area contributed by atoms with Gasteiger partial charge in [0.2, 0.25) is 0 Å². The lowest BCUT2D eigenvalue weighted by Crippen LogP contribution is -2.05. The van der Waals surface area contributed by atoms with E-state index in [4.69, 9.17) is 4.74 Å². The maximum atomic E-state index is 5.26. The summed E-state index contributed by atoms with van der Waals surface area (Å²) in [7, 11) is 0. The van der Waals surface area contributed by atoms with E-state index in [-0.39, 0.29) is 0 Å². The quantitative estimate of drug-likeness (QED) is 0.628. The van der Waals surface area contributed by atoms with Crippen LogP contribution in [0.15, 0.2) is 29.3 Å². The standard InChI is InChI=1S/C9H10N2O/c1-2-4-9-8(3-1)5-12-7-10-6-11-9/h1-4,6H,5,7H2,(H,10,11). The number of rotatable bonds is 0. The van der Waals surface area contributed by atoms with E-state index in [1.807, 2.05) is 24.3 Å². The Kier molecular flexibility index (Phi) is 2.05. The zero-order chi connectivity index (χ0) is 8.23. The summed E-state index contributed by atoms with van der Waals surface area (Å²) in [4.78, 5) is 3.97. The molecule has 2 rings (SSSR count). The number of benzene rings is 1. The maximum Gasteiger partial charge on any atom is 0.139 e. The Morgan fingerprint density at radius 3 is 3.25 bits per heavy atom. The van der Waals surface area contributed by atoms with Crippen LogP contribution in [0, 0.1) is 0 Å². The summed E-state index contributed by atoms with van der Waals surface area (Å²) in [5, 5.41) is 3.09. The third kappa shape index (κ3) is 1.46. The highest BCUT2D eigenvalue weighted by Gasteiger charge is 2.01. The molecular formula is C9H10N2O. The fraction of sp³-hybridized carbons (Fsp3) is 0.222. The molecule has 1 aliphatic rings. The Hall–Kier alpha value is -1.35. The van der Waals surface area contributed by atoms with Gasteiger partial charge in [-0.3, -0.25) is 0 Å². The Bertz CT molecular complexity index is 296. The van der Waals surface area contributed by atoms with Crippen molar-refractivity contribution >= 4 is 12.0 Å². The van der Waals surface area contributed by atoms with Crippen molar-refractivity contribution in [3.63, 3.8) is 0 Å². The van der Waals surface area contributed by atoms with Crippen LogP contribution < -0.4 is 5.32 Å². The zero-order valence-corrected chi connectivity index (χ0v) is 6.66. The number of nitrogens with zero attached hydrogens (tertiary/aromatic N) is 1. The van der Waals surface area contributed by atoms with E-state index in [1.54, 1.807) is 6.34 Å². The van der Waals surface area contributed by atoms with Crippen molar-refractivity contribution in [2.75, 3.05) is 12.0 Å². The molecule has 3 nitrogen and oxygen atoms in total. The predicted molar refractivity (Wildman–Crippen MR) is 48.2 cm³/mol. The van der Waals surface area contributed by atoms with E-state index in [2.05, 4.69) is 10.3 Å². The topological polar surface area (TPSA) is 33.6 Å². The van der Waals surface area contributed by atoms with Crippen LogP contribution in [-0.4, -0.2) is 13.1 Å². The van der Waals surface area contributed by atoms with Crippen LogP contribution in [0.25, 0.3) is 0 Å². The van der Waals surface area contributed by atoms with E-state index in [9.17, 15) is 0 Å². The van der Waals surface area contributed by atoms with Crippen LogP contribution in [0.2, 0.25) is 0 Å². The van der Waals surface area contributed by atoms with Crippen molar-refractivity contribution in [3.8, 4) is 0 Å². The number of hydrogen-bond donors (Lipinski definition) is 1. The van der Waals surface area contributed by atoms with Gasteiger partial charge in [-0.05, 0) is 6.07 Å². The van der Waals surface area contributed by atoms with Gasteiger partial charge in [-0.25, -0.2) is 4.99 Å². The molecular weight excluding hydrogens is 152 g/mol. The number of para-hydroxylation sites is 1. The van der Waals surface area contributed by atoms with E-state index < -0.39 is 0 Å². The van der Waals surface area contributed by atoms with Gasteiger partial charge in [0.05, 0.1) is 12.9 Å². The van der Waals surface area contributed by atoms with Crippen LogP contribution in [0.3, 0.4) is 0 Å². The number of anilines is 1. The first kappa shape index (κ1) is 7.31. The first-order chi connectivity index (χ1) is 5.97. The summed E-state index contributed by atoms with van der Waals surface area (Å²) in [5.41, 5.74) is 2.24. The van der Waals surface area contributed by atoms with E-state index in [1.165, 1.54) is 5.56 Å². The molecule has 0 aliphatic carbocycles. The van der Waals surface area contributed by atoms with E-state index in [0.29, 0.717) is 13.3 Å². The highest BCUT2D eigenvalue weighted by atomic mass is 16.5. The molecule has 0 unspecified atom stereocenters. The Balaban J connectivity index is 2.32. The summed E-state index contributed by atoms with van der Waals surface area (Å²) >= 11 is 0. The van der Waals surface area contributed by atoms with Gasteiger partial charge in [0.15, 0.2) is 0 Å². The molecule has 0 radical (unpaired) electrons. The average Bonchev–Trinajstić information content (AvgIpc) is 2.06. The van der Waals surface area contributed by atoms with Crippen molar-refractivity contribution < 1.29 is 4.74 Å². The van der Waals surface area contributed by atoms with Crippen molar-refractivity contribution in [1.29, 1.82) is 0 Å². The third-order valence-electron chi connectivity index (χ3n) is 1.75. The molecule has 0 spiro atoms. The Morgan fingerprint density at radius 1 is 1.33 bits per heavy atom. The van der Waals surface area contributed by atoms with Crippen LogP contribution in [0.1, 0.15) is 5.56 Å². The molecule has 0 aromatic heterocycles. The molecule has 3 heteroatoms. The smallest absolute Gasteiger partial charge is 0.139 e. The van der Waals surface area contributed by atoms with Gasteiger partial charge >= 0.3 is 0 Å². The number of ether oxygens (including phenoxy) is 1. The summed E-state index contributed by atoms with van der Waals surface area (Å²) in [6.45, 7) is 1.06. The minimum Gasteiger partial charge on any atom is -0.355 e. The Morgan fingerprint density at radius 2 is 2.25 bits per heavy atom. The van der Waals surface area contributed by atoms with Crippen molar-refractivity contribution in [2.45, 2.75) is 6.61 Å². The molecule has 1 aromatic carbocycles. The summed E-state index contributed by atoms with van der Waals surface area (Å²) in [6.07, 6.45) is 1.66. The van der Waals surface area contributed by atoms with Gasteiger partial charge in [-0.1, -0.05) is 18.2 Å². The minimum absolute atomic E-state index is 0.432. The summed E-state index contributed by atoms with van der Waals surface area (Å²) in [6, 6.07) is 8.04. The predicted octanol–water partition coefficient (Wildman–Crippen LogP) is 1.61. The maximum absolute atomic E-state index is 5.26. The summed E-state index contributed by atoms with van der Waals surface area (Å²) in [5.74, 6) is 0. The first-order valence-corrected chi connectivity index (χ1v) is 3.87. The van der Waals surface area contributed by atoms with E-state index >= 15 is 0 Å². The van der Waals surface area contributed by atoms with Crippen LogP contribution in [0.5, 0.6) is 0 Å². The molecule has 0 bridgehead atoms. The van der Waals surface area contributed by atoms with Crippen molar-refractivity contribution in [3.05, 3.63) is 29.8 Å². The highest BCUT2D eigenvalue weighted by Crippen LogP contribution is 2.15. The molecule has 12 heavy (non-hydrogen) atoms. The molecule has 0 atom stereocenters. The lowest BCUT2D eigenvalue weighted by molar-refractivity contribution is 0.129. The lowest BCUT2D eigenvalue weighted by Gasteiger charge is -2.10. The van der Waals surface area contributed by atoms with Gasteiger partial charge < -0.3 is 10.1 Å². The molecule has 0 saturated carbocycles. The van der Waals surface area contributed by atoms with Crippen LogP contribution in [-0.2, 0) is 11.3 Å². The van der Waals surface area contributed by atoms with Crippen LogP contribution >= 0.6 is 0 Å². The molecule has 1 aliphatic heterocycles. The largest absolute Gasteiger partial charge is 0.355 e. The molecule has 62 valence electrons. The molecule has 0 fully saturated rings. The number of fused-ring (bicyclic) bond motifs is 1. The number of hydrogen-bond acceptors (Lipinski definition) is 3. The molecule has 0 saturated heterocycles. The normalized spacial score (nSPS) is 18.3. The first-order valence-electron chi connectivity index (χ1n) is 3.87. The average molecular weight is 162 g/mol. The van der Waals surface area contributed by atoms with Gasteiger partial charge in [-0.2, -0.15) is 0 Å². The lowest BCUT2D eigenvalue weighted by atomic mass is 10.2. The van der Waals surface area contributed by atoms with Gasteiger partial charge in [0, 0.05) is 11.3 Å². The minimum atomic E-state index is 0.432. The third-order valence-corrected chi connectivity index (χ3v) is 1.75. The van der Waals surface area contributed by atoms with Gasteiger partial charge in [0.1, 0.15) is 6.73 Å². The van der Waals surface area contributed by atoms with Gasteiger partial charge in [0.25, 0.3) is 0 Å². The monoisotopic (exact) mass is 162 g/mol.